The van der Waals surface area contributed by atoms with Crippen molar-refractivity contribution < 1.29 is 18.7 Å². The van der Waals surface area contributed by atoms with E-state index in [9.17, 15) is 14.0 Å². The third kappa shape index (κ3) is 2.08. The normalized spacial score (nSPS) is 10.8. The fraction of sp³-hybridized carbons (Fsp3) is 0. The molecule has 0 radical (unpaired) electrons. The SMILES string of the molecule is O=C(O)c1csc(-c2cc3cc(F)ccc3oc2=O)n1. The predicted octanol–water partition coefficient (Wildman–Crippen LogP) is 2.75. The molecule has 100 valence electrons. The first kappa shape index (κ1) is 12.5. The molecule has 3 rings (SSSR count). The van der Waals surface area contributed by atoms with E-state index in [-0.39, 0.29) is 21.8 Å². The predicted molar refractivity (Wildman–Crippen MR) is 70.5 cm³/mol. The number of hydrogen-bond donors (Lipinski definition) is 1. The van der Waals surface area contributed by atoms with Crippen molar-refractivity contribution >= 4 is 28.3 Å². The van der Waals surface area contributed by atoms with Crippen LogP contribution in [-0.2, 0) is 0 Å². The summed E-state index contributed by atoms with van der Waals surface area (Å²) in [5, 5.41) is 10.8. The summed E-state index contributed by atoms with van der Waals surface area (Å²) >= 11 is 1.01. The molecule has 0 amide bonds. The Kier molecular flexibility index (Phi) is 2.83. The smallest absolute Gasteiger partial charge is 0.355 e. The van der Waals surface area contributed by atoms with Crippen molar-refractivity contribution in [2.45, 2.75) is 0 Å². The monoisotopic (exact) mass is 291 g/mol. The zero-order valence-corrected chi connectivity index (χ0v) is 10.6. The molecule has 3 aromatic rings. The summed E-state index contributed by atoms with van der Waals surface area (Å²) in [4.78, 5) is 26.5. The van der Waals surface area contributed by atoms with Crippen molar-refractivity contribution in [3.63, 3.8) is 0 Å². The van der Waals surface area contributed by atoms with Gasteiger partial charge < -0.3 is 9.52 Å². The number of aromatic nitrogens is 1. The second-order valence-electron chi connectivity index (χ2n) is 3.97. The molecule has 0 fully saturated rings. The summed E-state index contributed by atoms with van der Waals surface area (Å²) in [5.41, 5.74) is -0.421. The van der Waals surface area contributed by atoms with E-state index in [1.807, 2.05) is 0 Å². The molecular weight excluding hydrogens is 285 g/mol. The van der Waals surface area contributed by atoms with E-state index < -0.39 is 17.4 Å². The Morgan fingerprint density at radius 2 is 2.15 bits per heavy atom. The lowest BCUT2D eigenvalue weighted by molar-refractivity contribution is 0.0691. The highest BCUT2D eigenvalue weighted by molar-refractivity contribution is 7.13. The third-order valence-electron chi connectivity index (χ3n) is 2.65. The summed E-state index contributed by atoms with van der Waals surface area (Å²) in [6.45, 7) is 0. The molecule has 2 heterocycles. The second-order valence-corrected chi connectivity index (χ2v) is 4.83. The molecule has 0 saturated heterocycles. The van der Waals surface area contributed by atoms with Gasteiger partial charge in [0.15, 0.2) is 5.69 Å². The van der Waals surface area contributed by atoms with Crippen LogP contribution in [0.4, 0.5) is 4.39 Å². The molecule has 5 nitrogen and oxygen atoms in total. The molecule has 7 heteroatoms. The van der Waals surface area contributed by atoms with E-state index in [1.165, 1.54) is 29.6 Å². The zero-order chi connectivity index (χ0) is 14.3. The van der Waals surface area contributed by atoms with E-state index in [0.29, 0.717) is 5.39 Å². The highest BCUT2D eigenvalue weighted by Gasteiger charge is 2.14. The number of carboxylic acids is 1. The van der Waals surface area contributed by atoms with Gasteiger partial charge >= 0.3 is 11.6 Å². The van der Waals surface area contributed by atoms with Crippen LogP contribution >= 0.6 is 11.3 Å². The number of aromatic carboxylic acids is 1. The molecule has 1 N–H and O–H groups in total. The molecule has 2 aromatic heterocycles. The number of hydrogen-bond acceptors (Lipinski definition) is 5. The quantitative estimate of drug-likeness (QED) is 0.734. The lowest BCUT2D eigenvalue weighted by atomic mass is 10.2. The number of benzene rings is 1. The molecule has 20 heavy (non-hydrogen) atoms. The van der Waals surface area contributed by atoms with Crippen LogP contribution < -0.4 is 5.63 Å². The Morgan fingerprint density at radius 3 is 2.85 bits per heavy atom. The first-order valence-electron chi connectivity index (χ1n) is 5.47. The molecule has 0 aliphatic rings. The number of halogens is 1. The van der Waals surface area contributed by atoms with E-state index in [0.717, 1.165) is 11.3 Å². The minimum Gasteiger partial charge on any atom is -0.476 e. The number of rotatable bonds is 2. The van der Waals surface area contributed by atoms with Crippen LogP contribution in [0.3, 0.4) is 0 Å². The van der Waals surface area contributed by atoms with Gasteiger partial charge in [0.25, 0.3) is 0 Å². The molecule has 0 aliphatic heterocycles. The van der Waals surface area contributed by atoms with Crippen LogP contribution in [0.2, 0.25) is 0 Å². The molecule has 0 aliphatic carbocycles. The maximum Gasteiger partial charge on any atom is 0.355 e. The van der Waals surface area contributed by atoms with Gasteiger partial charge in [-0.1, -0.05) is 0 Å². The van der Waals surface area contributed by atoms with E-state index in [2.05, 4.69) is 4.98 Å². The van der Waals surface area contributed by atoms with Crippen molar-refractivity contribution in [1.82, 2.24) is 4.98 Å². The molecule has 0 bridgehead atoms. The third-order valence-corrected chi connectivity index (χ3v) is 3.52. The van der Waals surface area contributed by atoms with Crippen LogP contribution in [0, 0.1) is 5.82 Å². The summed E-state index contributed by atoms with van der Waals surface area (Å²) < 4.78 is 18.2. The second kappa shape index (κ2) is 4.53. The highest BCUT2D eigenvalue weighted by Crippen LogP contribution is 2.24. The van der Waals surface area contributed by atoms with Gasteiger partial charge in [-0.15, -0.1) is 11.3 Å². The fourth-order valence-electron chi connectivity index (χ4n) is 1.74. The molecule has 1 aromatic carbocycles. The molecule has 0 unspecified atom stereocenters. The highest BCUT2D eigenvalue weighted by atomic mass is 32.1. The van der Waals surface area contributed by atoms with E-state index in [1.54, 1.807) is 0 Å². The van der Waals surface area contributed by atoms with Gasteiger partial charge in [0, 0.05) is 10.8 Å². The van der Waals surface area contributed by atoms with E-state index >= 15 is 0 Å². The van der Waals surface area contributed by atoms with Crippen molar-refractivity contribution in [3.8, 4) is 10.6 Å². The van der Waals surface area contributed by atoms with Gasteiger partial charge in [-0.05, 0) is 24.3 Å². The van der Waals surface area contributed by atoms with Crippen LogP contribution in [0.15, 0.2) is 38.9 Å². The van der Waals surface area contributed by atoms with Crippen molar-refractivity contribution in [1.29, 1.82) is 0 Å². The standard InChI is InChI=1S/C13H6FNO4S/c14-7-1-2-10-6(3-7)4-8(13(18)19-10)11-15-9(5-20-11)12(16)17/h1-5H,(H,16,17). The van der Waals surface area contributed by atoms with Crippen molar-refractivity contribution in [2.24, 2.45) is 0 Å². The summed E-state index contributed by atoms with van der Waals surface area (Å²) in [6, 6.07) is 5.22. The molecule has 0 saturated carbocycles. The van der Waals surface area contributed by atoms with Crippen molar-refractivity contribution in [2.75, 3.05) is 0 Å². The van der Waals surface area contributed by atoms with E-state index in [4.69, 9.17) is 9.52 Å². The van der Waals surface area contributed by atoms with Crippen LogP contribution in [-0.4, -0.2) is 16.1 Å². The first-order valence-corrected chi connectivity index (χ1v) is 6.35. The zero-order valence-electron chi connectivity index (χ0n) is 9.79. The first-order chi connectivity index (χ1) is 9.54. The maximum absolute atomic E-state index is 13.2. The Morgan fingerprint density at radius 1 is 1.35 bits per heavy atom. The summed E-state index contributed by atoms with van der Waals surface area (Å²) in [7, 11) is 0. The van der Waals surface area contributed by atoms with Crippen LogP contribution in [0.25, 0.3) is 21.5 Å². The summed E-state index contributed by atoms with van der Waals surface area (Å²) in [5.74, 6) is -1.63. The largest absolute Gasteiger partial charge is 0.476 e. The van der Waals surface area contributed by atoms with Gasteiger partial charge in [-0.2, -0.15) is 0 Å². The fourth-order valence-corrected chi connectivity index (χ4v) is 2.54. The van der Waals surface area contributed by atoms with Gasteiger partial charge in [0.1, 0.15) is 16.4 Å². The minimum absolute atomic E-state index is 0.112. The number of fused-ring (bicyclic) bond motifs is 1. The Hall–Kier alpha value is -2.54. The lowest BCUT2D eigenvalue weighted by Crippen LogP contribution is -2.03. The van der Waals surface area contributed by atoms with Gasteiger partial charge in [0.05, 0.1) is 5.56 Å². The lowest BCUT2D eigenvalue weighted by Gasteiger charge is -1.99. The van der Waals surface area contributed by atoms with Crippen LogP contribution in [0.1, 0.15) is 10.5 Å². The Balaban J connectivity index is 2.21. The summed E-state index contributed by atoms with van der Waals surface area (Å²) in [6.07, 6.45) is 0. The Labute approximate surface area is 114 Å². The van der Waals surface area contributed by atoms with Gasteiger partial charge in [-0.25, -0.2) is 19.0 Å². The maximum atomic E-state index is 13.2. The number of carboxylic acid groups (broad SMARTS) is 1. The Bertz CT molecular complexity index is 883. The molecule has 0 atom stereocenters. The number of nitrogens with zero attached hydrogens (tertiary/aromatic N) is 1. The van der Waals surface area contributed by atoms with Gasteiger partial charge in [-0.3, -0.25) is 0 Å². The topological polar surface area (TPSA) is 80.4 Å². The van der Waals surface area contributed by atoms with Crippen molar-refractivity contribution in [3.05, 3.63) is 51.6 Å². The average Bonchev–Trinajstić information content (AvgIpc) is 2.88. The number of carbonyl (C=O) groups is 1. The molecule has 0 spiro atoms. The van der Waals surface area contributed by atoms with Gasteiger partial charge in [0.2, 0.25) is 0 Å². The minimum atomic E-state index is -1.18. The van der Waals surface area contributed by atoms with Crippen LogP contribution in [0.5, 0.6) is 0 Å². The molecular formula is C13H6FNO4S. The number of thiazole rings is 1. The average molecular weight is 291 g/mol.